The number of benzene rings is 1. The molecule has 120 valence electrons. The van der Waals surface area contributed by atoms with E-state index in [1.165, 1.54) is 6.07 Å². The third-order valence-corrected chi connectivity index (χ3v) is 3.48. The molecular weight excluding hydrogens is 271 g/mol. The molecule has 0 unspecified atom stereocenters. The van der Waals surface area contributed by atoms with Crippen LogP contribution in [0.5, 0.6) is 5.75 Å². The van der Waals surface area contributed by atoms with Crippen LogP contribution in [-0.4, -0.2) is 30.4 Å². The molecule has 0 bridgehead atoms. The van der Waals surface area contributed by atoms with Crippen molar-refractivity contribution in [2.45, 2.75) is 52.7 Å². The van der Waals surface area contributed by atoms with Crippen molar-refractivity contribution in [2.75, 3.05) is 23.8 Å². The maximum Gasteiger partial charge on any atom is 0.167 e. The van der Waals surface area contributed by atoms with E-state index >= 15 is 0 Å². The minimum Gasteiger partial charge on any atom is -0.488 e. The zero-order chi connectivity index (χ0) is 16.0. The lowest BCUT2D eigenvalue weighted by Gasteiger charge is -2.33. The Balaban J connectivity index is 3.23. The van der Waals surface area contributed by atoms with Crippen LogP contribution >= 0.6 is 0 Å². The van der Waals surface area contributed by atoms with Gasteiger partial charge in [-0.05, 0) is 26.7 Å². The van der Waals surface area contributed by atoms with Gasteiger partial charge in [-0.15, -0.1) is 0 Å². The lowest BCUT2D eigenvalue weighted by atomic mass is 10.1. The van der Waals surface area contributed by atoms with Gasteiger partial charge in [0.25, 0.3) is 0 Å². The van der Waals surface area contributed by atoms with E-state index in [1.807, 2.05) is 18.7 Å². The molecule has 0 aromatic heterocycles. The van der Waals surface area contributed by atoms with Crippen LogP contribution in [0.1, 0.15) is 40.5 Å². The first-order chi connectivity index (χ1) is 9.94. The van der Waals surface area contributed by atoms with Crippen molar-refractivity contribution >= 4 is 11.4 Å². The number of nitrogens with zero attached hydrogens (tertiary/aromatic N) is 1. The van der Waals surface area contributed by atoms with Gasteiger partial charge in [-0.1, -0.05) is 13.8 Å². The predicted molar refractivity (Wildman–Crippen MR) is 85.4 cm³/mol. The molecule has 0 atom stereocenters. The number of anilines is 2. The Morgan fingerprint density at radius 2 is 1.90 bits per heavy atom. The summed E-state index contributed by atoms with van der Waals surface area (Å²) in [6.45, 7) is 8.36. The molecule has 0 fully saturated rings. The molecule has 0 saturated carbocycles. The summed E-state index contributed by atoms with van der Waals surface area (Å²) in [5, 5.41) is 9.31. The molecule has 0 aliphatic rings. The average molecular weight is 298 g/mol. The van der Waals surface area contributed by atoms with Gasteiger partial charge in [0.1, 0.15) is 0 Å². The van der Waals surface area contributed by atoms with E-state index in [0.717, 1.165) is 18.5 Å². The molecule has 1 rings (SSSR count). The zero-order valence-corrected chi connectivity index (χ0v) is 13.4. The van der Waals surface area contributed by atoms with E-state index < -0.39 is 5.82 Å². The lowest BCUT2D eigenvalue weighted by Crippen LogP contribution is -2.37. The fraction of sp³-hybridized carbons (Fsp3) is 0.625. The highest BCUT2D eigenvalue weighted by molar-refractivity contribution is 5.70. The van der Waals surface area contributed by atoms with Crippen molar-refractivity contribution in [1.29, 1.82) is 0 Å². The van der Waals surface area contributed by atoms with Crippen LogP contribution in [0.4, 0.5) is 15.8 Å². The molecule has 5 heteroatoms. The molecule has 0 amide bonds. The first-order valence-corrected chi connectivity index (χ1v) is 7.57. The first kappa shape index (κ1) is 17.6. The summed E-state index contributed by atoms with van der Waals surface area (Å²) in [6.07, 6.45) is 1.73. The Labute approximate surface area is 126 Å². The summed E-state index contributed by atoms with van der Waals surface area (Å²) in [6, 6.07) is 3.18. The standard InChI is InChI=1S/C16H27FN2O2/c1-5-12(6-2)19(7-8-20)15-10-16(21-11(3)4)13(17)9-14(15)18/h9-12,20H,5-8,18H2,1-4H3. The van der Waals surface area contributed by atoms with Gasteiger partial charge in [0.05, 0.1) is 24.1 Å². The Morgan fingerprint density at radius 1 is 1.29 bits per heavy atom. The number of halogens is 1. The van der Waals surface area contributed by atoms with Crippen LogP contribution in [0.15, 0.2) is 12.1 Å². The summed E-state index contributed by atoms with van der Waals surface area (Å²) >= 11 is 0. The minimum absolute atomic E-state index is 0.0215. The lowest BCUT2D eigenvalue weighted by molar-refractivity contribution is 0.231. The molecule has 1 aromatic rings. The summed E-state index contributed by atoms with van der Waals surface area (Å²) in [4.78, 5) is 2.03. The molecule has 0 aliphatic heterocycles. The second-order valence-electron chi connectivity index (χ2n) is 5.40. The Hall–Kier alpha value is -1.49. The van der Waals surface area contributed by atoms with Gasteiger partial charge in [0.15, 0.2) is 11.6 Å². The largest absolute Gasteiger partial charge is 0.488 e. The topological polar surface area (TPSA) is 58.7 Å². The summed E-state index contributed by atoms with van der Waals surface area (Å²) in [5.41, 5.74) is 7.06. The predicted octanol–water partition coefficient (Wildman–Crippen LogP) is 3.18. The fourth-order valence-electron chi connectivity index (χ4n) is 2.49. The van der Waals surface area contributed by atoms with E-state index in [0.29, 0.717) is 12.2 Å². The van der Waals surface area contributed by atoms with Crippen LogP contribution in [0.2, 0.25) is 0 Å². The fourth-order valence-corrected chi connectivity index (χ4v) is 2.49. The van der Waals surface area contributed by atoms with E-state index in [9.17, 15) is 9.50 Å². The van der Waals surface area contributed by atoms with E-state index in [-0.39, 0.29) is 24.5 Å². The SMILES string of the molecule is CCC(CC)N(CCO)c1cc(OC(C)C)c(F)cc1N. The van der Waals surface area contributed by atoms with Crippen molar-refractivity contribution in [2.24, 2.45) is 0 Å². The van der Waals surface area contributed by atoms with Gasteiger partial charge >= 0.3 is 0 Å². The van der Waals surface area contributed by atoms with Crippen LogP contribution in [0, 0.1) is 5.82 Å². The highest BCUT2D eigenvalue weighted by Gasteiger charge is 2.20. The normalized spacial score (nSPS) is 11.2. The number of hydrogen-bond acceptors (Lipinski definition) is 4. The summed E-state index contributed by atoms with van der Waals surface area (Å²) in [7, 11) is 0. The second kappa shape index (κ2) is 8.08. The van der Waals surface area contributed by atoms with Crippen molar-refractivity contribution < 1.29 is 14.2 Å². The van der Waals surface area contributed by atoms with E-state index in [4.69, 9.17) is 10.5 Å². The van der Waals surface area contributed by atoms with Gasteiger partial charge < -0.3 is 20.5 Å². The van der Waals surface area contributed by atoms with Crippen LogP contribution in [0.3, 0.4) is 0 Å². The number of aliphatic hydroxyl groups is 1. The van der Waals surface area contributed by atoms with E-state index in [1.54, 1.807) is 6.07 Å². The van der Waals surface area contributed by atoms with Crippen molar-refractivity contribution in [3.05, 3.63) is 17.9 Å². The Kier molecular flexibility index (Phi) is 6.75. The number of aliphatic hydroxyl groups excluding tert-OH is 1. The number of nitrogen functional groups attached to an aromatic ring is 1. The quantitative estimate of drug-likeness (QED) is 0.724. The molecule has 4 nitrogen and oxygen atoms in total. The highest BCUT2D eigenvalue weighted by atomic mass is 19.1. The van der Waals surface area contributed by atoms with Crippen LogP contribution in [0.25, 0.3) is 0 Å². The van der Waals surface area contributed by atoms with Crippen LogP contribution < -0.4 is 15.4 Å². The third-order valence-electron chi connectivity index (χ3n) is 3.48. The summed E-state index contributed by atoms with van der Waals surface area (Å²) in [5.74, 6) is -0.262. The molecule has 21 heavy (non-hydrogen) atoms. The van der Waals surface area contributed by atoms with Crippen molar-refractivity contribution in [3.8, 4) is 5.75 Å². The molecule has 0 spiro atoms. The molecule has 1 aromatic carbocycles. The van der Waals surface area contributed by atoms with Gasteiger partial charge in [-0.2, -0.15) is 0 Å². The monoisotopic (exact) mass is 298 g/mol. The molecule has 3 N–H and O–H groups in total. The van der Waals surface area contributed by atoms with Crippen molar-refractivity contribution in [3.63, 3.8) is 0 Å². The number of hydrogen-bond donors (Lipinski definition) is 2. The number of nitrogens with two attached hydrogens (primary N) is 1. The first-order valence-electron chi connectivity index (χ1n) is 7.57. The summed E-state index contributed by atoms with van der Waals surface area (Å²) < 4.78 is 19.4. The van der Waals surface area contributed by atoms with E-state index in [2.05, 4.69) is 13.8 Å². The third kappa shape index (κ3) is 4.49. The molecule has 0 heterocycles. The van der Waals surface area contributed by atoms with Gasteiger partial charge in [-0.3, -0.25) is 0 Å². The molecule has 0 aliphatic carbocycles. The molecular formula is C16H27FN2O2. The molecule has 0 radical (unpaired) electrons. The molecule has 0 saturated heterocycles. The minimum atomic E-state index is -0.460. The Morgan fingerprint density at radius 3 is 2.38 bits per heavy atom. The van der Waals surface area contributed by atoms with Gasteiger partial charge in [-0.25, -0.2) is 4.39 Å². The number of rotatable bonds is 8. The maximum absolute atomic E-state index is 13.9. The smallest absolute Gasteiger partial charge is 0.167 e. The highest BCUT2D eigenvalue weighted by Crippen LogP contribution is 2.33. The Bertz CT molecular complexity index is 448. The van der Waals surface area contributed by atoms with Crippen molar-refractivity contribution in [1.82, 2.24) is 0 Å². The maximum atomic E-state index is 13.9. The van der Waals surface area contributed by atoms with Crippen LogP contribution in [-0.2, 0) is 0 Å². The second-order valence-corrected chi connectivity index (χ2v) is 5.40. The van der Waals surface area contributed by atoms with Gasteiger partial charge in [0.2, 0.25) is 0 Å². The van der Waals surface area contributed by atoms with Gasteiger partial charge in [0, 0.05) is 24.7 Å². The number of ether oxygens (including phenoxy) is 1. The zero-order valence-electron chi connectivity index (χ0n) is 13.4. The average Bonchev–Trinajstić information content (AvgIpc) is 2.42.